The van der Waals surface area contributed by atoms with Crippen LogP contribution >= 0.6 is 0 Å². The van der Waals surface area contributed by atoms with Gasteiger partial charge >= 0.3 is 0 Å². The van der Waals surface area contributed by atoms with Crippen molar-refractivity contribution in [1.29, 1.82) is 0 Å². The number of allylic oxidation sites excluding steroid dienone is 12. The molecule has 4 nitrogen and oxygen atoms in total. The average molecular weight is 938 g/mol. The first-order valence-electron chi connectivity index (χ1n) is 25.6. The maximum absolute atomic E-state index is 7.00. The van der Waals surface area contributed by atoms with E-state index in [0.29, 0.717) is 6.04 Å². The predicted octanol–water partition coefficient (Wildman–Crippen LogP) is 18.9. The fourth-order valence-electron chi connectivity index (χ4n) is 10.5. The van der Waals surface area contributed by atoms with Crippen molar-refractivity contribution in [2.24, 2.45) is 0 Å². The molecule has 0 amide bonds. The third kappa shape index (κ3) is 10.00. The first-order valence-corrected chi connectivity index (χ1v) is 25.6. The van der Waals surface area contributed by atoms with Gasteiger partial charge in [0.05, 0.1) is 6.04 Å². The van der Waals surface area contributed by atoms with E-state index in [-0.39, 0.29) is 5.92 Å². The number of hydrogen-bond donors (Lipinski definition) is 0. The number of anilines is 6. The number of ether oxygens (including phenoxy) is 1. The van der Waals surface area contributed by atoms with E-state index in [0.717, 1.165) is 100 Å². The molecule has 0 N–H and O–H groups in total. The van der Waals surface area contributed by atoms with E-state index in [1.807, 2.05) is 13.0 Å². The van der Waals surface area contributed by atoms with E-state index in [4.69, 9.17) is 4.74 Å². The summed E-state index contributed by atoms with van der Waals surface area (Å²) in [6.45, 7) is 10.5. The Labute approximate surface area is 427 Å². The minimum absolute atomic E-state index is 0.0715. The lowest BCUT2D eigenvalue weighted by molar-refractivity contribution is 0.428. The highest BCUT2D eigenvalue weighted by Gasteiger charge is 2.35. The highest BCUT2D eigenvalue weighted by Crippen LogP contribution is 2.53. The van der Waals surface area contributed by atoms with Crippen molar-refractivity contribution in [3.63, 3.8) is 0 Å². The lowest BCUT2D eigenvalue weighted by atomic mass is 9.83. The number of fused-ring (bicyclic) bond motifs is 3. The van der Waals surface area contributed by atoms with Gasteiger partial charge in [-0.3, -0.25) is 0 Å². The van der Waals surface area contributed by atoms with Crippen LogP contribution in [0, 0.1) is 0 Å². The fraction of sp³-hybridized carbons (Fsp3) is 0.147. The number of benzene rings is 7. The number of rotatable bonds is 17. The number of nitrogens with zero attached hydrogens (tertiary/aromatic N) is 3. The van der Waals surface area contributed by atoms with E-state index in [1.54, 1.807) is 0 Å². The van der Waals surface area contributed by atoms with E-state index < -0.39 is 0 Å². The Morgan fingerprint density at radius 2 is 1.24 bits per heavy atom. The fourth-order valence-corrected chi connectivity index (χ4v) is 10.5. The van der Waals surface area contributed by atoms with Crippen LogP contribution in [-0.4, -0.2) is 6.04 Å². The Morgan fingerprint density at radius 1 is 0.639 bits per heavy atom. The molecule has 7 aromatic carbocycles. The second kappa shape index (κ2) is 22.2. The summed E-state index contributed by atoms with van der Waals surface area (Å²) in [5, 5.41) is 0. The lowest BCUT2D eigenvalue weighted by Gasteiger charge is -2.34. The van der Waals surface area contributed by atoms with Gasteiger partial charge in [-0.25, -0.2) is 0 Å². The normalized spacial score (nSPS) is 15.5. The Hall–Kier alpha value is -8.34. The molecule has 7 aromatic rings. The van der Waals surface area contributed by atoms with Gasteiger partial charge in [-0.2, -0.15) is 0 Å². The Balaban J connectivity index is 1.02. The molecule has 0 radical (unpaired) electrons. The summed E-state index contributed by atoms with van der Waals surface area (Å²) in [6.07, 6.45) is 29.3. The lowest BCUT2D eigenvalue weighted by Crippen LogP contribution is -2.33. The molecule has 1 heterocycles. The minimum Gasteiger partial charge on any atom is -0.460 e. The van der Waals surface area contributed by atoms with Gasteiger partial charge in [0.25, 0.3) is 0 Å². The SMILES string of the molecule is C=C/C=C(\C=C/C)N(c1ccccc1)c1ccc(-c2cc(-c3ccc(N(c4ccccc4)c4ccccc4)cc3)c3c(c2)C2CC(c4ccc(N(C5=CCCC=C5)C(/C=C\C)CCC)cc4)=CC=C2O3)cc1. The molecule has 2 atom stereocenters. The minimum atomic E-state index is 0.0715. The first-order chi connectivity index (χ1) is 35.5. The van der Waals surface area contributed by atoms with Gasteiger partial charge < -0.3 is 19.4 Å². The van der Waals surface area contributed by atoms with Crippen LogP contribution in [0.15, 0.2) is 266 Å². The van der Waals surface area contributed by atoms with Crippen molar-refractivity contribution in [3.05, 3.63) is 278 Å². The quantitative estimate of drug-likeness (QED) is 0.0669. The molecule has 2 aliphatic carbocycles. The molecule has 0 spiro atoms. The van der Waals surface area contributed by atoms with Crippen LogP contribution in [0.4, 0.5) is 34.1 Å². The summed E-state index contributed by atoms with van der Waals surface area (Å²) in [6, 6.07) is 63.8. The first kappa shape index (κ1) is 47.3. The highest BCUT2D eigenvalue weighted by atomic mass is 16.5. The van der Waals surface area contributed by atoms with Crippen LogP contribution in [0.2, 0.25) is 0 Å². The Bertz CT molecular complexity index is 3170. The van der Waals surface area contributed by atoms with Gasteiger partial charge in [0.15, 0.2) is 0 Å². The van der Waals surface area contributed by atoms with Crippen molar-refractivity contribution in [2.75, 3.05) is 14.7 Å². The second-order valence-electron chi connectivity index (χ2n) is 18.6. The molecule has 2 unspecified atom stereocenters. The molecular formula is C68H63N3O. The van der Waals surface area contributed by atoms with Gasteiger partial charge in [-0.05, 0) is 177 Å². The molecule has 0 bridgehead atoms. The maximum Gasteiger partial charge on any atom is 0.138 e. The zero-order chi connectivity index (χ0) is 49.2. The maximum atomic E-state index is 7.00. The molecule has 0 fully saturated rings. The zero-order valence-corrected chi connectivity index (χ0v) is 41.7. The third-order valence-corrected chi connectivity index (χ3v) is 13.9. The summed E-state index contributed by atoms with van der Waals surface area (Å²) in [4.78, 5) is 7.11. The Kier molecular flexibility index (Phi) is 14.6. The molecular weight excluding hydrogens is 875 g/mol. The molecule has 4 heteroatoms. The zero-order valence-electron chi connectivity index (χ0n) is 41.7. The Morgan fingerprint density at radius 3 is 1.85 bits per heavy atom. The summed E-state index contributed by atoms with van der Waals surface area (Å²) in [7, 11) is 0. The molecule has 0 aromatic heterocycles. The molecule has 356 valence electrons. The largest absolute Gasteiger partial charge is 0.460 e. The van der Waals surface area contributed by atoms with Crippen LogP contribution in [-0.2, 0) is 0 Å². The van der Waals surface area contributed by atoms with Crippen LogP contribution in [0.5, 0.6) is 5.75 Å². The molecule has 0 saturated carbocycles. The molecule has 10 rings (SSSR count). The van der Waals surface area contributed by atoms with Crippen LogP contribution < -0.4 is 19.4 Å². The van der Waals surface area contributed by atoms with E-state index in [1.165, 1.54) is 28.1 Å². The molecule has 1 aliphatic heterocycles. The topological polar surface area (TPSA) is 19.0 Å². The average Bonchev–Trinajstić information content (AvgIpc) is 3.81. The standard InChI is InChI=1S/C68H63N3O/c1-5-21-55(22-6-2)69(57-25-13-9-14-26-57)61-40-33-50(34-41-61)53-39-46-67-65(47-53)66-49-54(51-35-42-62(43-36-51)70(56(23-7-3)24-8-4)58-27-15-10-16-28-58)48-64(68(66)72-67)52-37-44-63(45-38-52)71(59-29-17-11-18-30-59)60-31-19-12-20-32-60/h5,7-8,10-13,15-21,23-46,48-49,55,65H,3,6,9,14,22,47H2,1-2,4H3/b21-5-,24-8-,56-23+. The summed E-state index contributed by atoms with van der Waals surface area (Å²) < 4.78 is 7.00. The summed E-state index contributed by atoms with van der Waals surface area (Å²) >= 11 is 0. The summed E-state index contributed by atoms with van der Waals surface area (Å²) in [5.41, 5.74) is 17.2. The van der Waals surface area contributed by atoms with E-state index >= 15 is 0 Å². The predicted molar refractivity (Wildman–Crippen MR) is 307 cm³/mol. The van der Waals surface area contributed by atoms with Gasteiger partial charge in [0.1, 0.15) is 11.5 Å². The monoisotopic (exact) mass is 937 g/mol. The van der Waals surface area contributed by atoms with Crippen molar-refractivity contribution >= 4 is 39.7 Å². The van der Waals surface area contributed by atoms with Gasteiger partial charge in [-0.15, -0.1) is 0 Å². The highest BCUT2D eigenvalue weighted by molar-refractivity contribution is 5.86. The number of hydrogen-bond acceptors (Lipinski definition) is 4. The van der Waals surface area contributed by atoms with Crippen molar-refractivity contribution in [1.82, 2.24) is 0 Å². The van der Waals surface area contributed by atoms with Crippen LogP contribution in [0.25, 0.3) is 27.8 Å². The van der Waals surface area contributed by atoms with Gasteiger partial charge in [0.2, 0.25) is 0 Å². The smallest absolute Gasteiger partial charge is 0.138 e. The van der Waals surface area contributed by atoms with E-state index in [2.05, 4.69) is 272 Å². The van der Waals surface area contributed by atoms with Crippen molar-refractivity contribution in [2.45, 2.75) is 64.8 Å². The van der Waals surface area contributed by atoms with Crippen molar-refractivity contribution in [3.8, 4) is 28.0 Å². The molecule has 3 aliphatic rings. The number of para-hydroxylation sites is 3. The molecule has 0 saturated heterocycles. The summed E-state index contributed by atoms with van der Waals surface area (Å²) in [5.74, 6) is 2.00. The van der Waals surface area contributed by atoms with Gasteiger partial charge in [-0.1, -0.05) is 153 Å². The second-order valence-corrected chi connectivity index (χ2v) is 18.6. The van der Waals surface area contributed by atoms with Gasteiger partial charge in [0, 0.05) is 62.6 Å². The van der Waals surface area contributed by atoms with Crippen LogP contribution in [0.1, 0.15) is 69.9 Å². The molecule has 72 heavy (non-hydrogen) atoms. The van der Waals surface area contributed by atoms with Crippen LogP contribution in [0.3, 0.4) is 0 Å². The van der Waals surface area contributed by atoms with E-state index in [9.17, 15) is 0 Å². The third-order valence-electron chi connectivity index (χ3n) is 13.9. The van der Waals surface area contributed by atoms with Crippen molar-refractivity contribution < 1.29 is 4.74 Å².